The van der Waals surface area contributed by atoms with Gasteiger partial charge in [0.05, 0.1) is 12.0 Å². The lowest BCUT2D eigenvalue weighted by Gasteiger charge is -2.34. The maximum atomic E-state index is 6.14. The van der Waals surface area contributed by atoms with Crippen LogP contribution in [0.15, 0.2) is 12.5 Å². The average molecular weight is 177 g/mol. The van der Waals surface area contributed by atoms with E-state index in [-0.39, 0.29) is 5.54 Å². The summed E-state index contributed by atoms with van der Waals surface area (Å²) < 4.78 is 2.25. The summed E-state index contributed by atoms with van der Waals surface area (Å²) in [6.07, 6.45) is 7.66. The van der Waals surface area contributed by atoms with Crippen molar-refractivity contribution in [2.45, 2.75) is 37.8 Å². The molecular weight excluding hydrogens is 162 g/mol. The molecule has 0 radical (unpaired) electrons. The molecule has 3 aliphatic rings. The van der Waals surface area contributed by atoms with Crippen LogP contribution in [0, 0.1) is 12.8 Å². The van der Waals surface area contributed by atoms with Gasteiger partial charge in [0.25, 0.3) is 0 Å². The van der Waals surface area contributed by atoms with Gasteiger partial charge in [-0.2, -0.15) is 0 Å². The molecule has 1 heterocycles. The second kappa shape index (κ2) is 2.15. The van der Waals surface area contributed by atoms with Crippen LogP contribution in [0.25, 0.3) is 0 Å². The van der Waals surface area contributed by atoms with Gasteiger partial charge in [-0.05, 0) is 32.1 Å². The summed E-state index contributed by atoms with van der Waals surface area (Å²) in [5, 5.41) is 0. The molecule has 3 saturated carbocycles. The highest BCUT2D eigenvalue weighted by atomic mass is 15.1. The summed E-state index contributed by atoms with van der Waals surface area (Å²) >= 11 is 0. The first kappa shape index (κ1) is 7.56. The number of hydrogen-bond donors (Lipinski definition) is 1. The zero-order chi connectivity index (χ0) is 9.05. The van der Waals surface area contributed by atoms with E-state index >= 15 is 0 Å². The number of hydrogen-bond acceptors (Lipinski definition) is 2. The molecule has 0 saturated heterocycles. The largest absolute Gasteiger partial charge is 0.334 e. The smallest absolute Gasteiger partial charge is 0.0951 e. The summed E-state index contributed by atoms with van der Waals surface area (Å²) in [6.45, 7) is 2.04. The molecule has 3 aliphatic carbocycles. The van der Waals surface area contributed by atoms with E-state index < -0.39 is 0 Å². The van der Waals surface area contributed by atoms with Crippen LogP contribution in [-0.4, -0.2) is 15.1 Å². The maximum absolute atomic E-state index is 6.14. The molecule has 1 aromatic rings. The lowest BCUT2D eigenvalue weighted by atomic mass is 9.78. The molecule has 70 valence electrons. The number of rotatable bonds is 1. The Morgan fingerprint density at radius 2 is 2.31 bits per heavy atom. The van der Waals surface area contributed by atoms with Gasteiger partial charge in [-0.1, -0.05) is 0 Å². The van der Waals surface area contributed by atoms with Crippen molar-refractivity contribution in [3.63, 3.8) is 0 Å². The van der Waals surface area contributed by atoms with Gasteiger partial charge in [-0.15, -0.1) is 0 Å². The van der Waals surface area contributed by atoms with Crippen LogP contribution in [0.2, 0.25) is 0 Å². The van der Waals surface area contributed by atoms with Crippen molar-refractivity contribution in [1.82, 2.24) is 9.55 Å². The van der Waals surface area contributed by atoms with E-state index in [1.165, 1.54) is 12.8 Å². The number of aromatic nitrogens is 2. The molecule has 3 heteroatoms. The van der Waals surface area contributed by atoms with Gasteiger partial charge in [-0.3, -0.25) is 0 Å². The third kappa shape index (κ3) is 0.967. The number of imidazole rings is 1. The molecular formula is C10H15N3. The second-order valence-electron chi connectivity index (χ2n) is 4.76. The van der Waals surface area contributed by atoms with Crippen LogP contribution in [-0.2, 0) is 0 Å². The van der Waals surface area contributed by atoms with E-state index in [1.54, 1.807) is 0 Å². The minimum absolute atomic E-state index is 0.174. The number of aryl methyl sites for hydroxylation is 1. The fourth-order valence-corrected chi connectivity index (χ4v) is 2.98. The summed E-state index contributed by atoms with van der Waals surface area (Å²) in [4.78, 5) is 4.26. The van der Waals surface area contributed by atoms with E-state index in [4.69, 9.17) is 5.73 Å². The van der Waals surface area contributed by atoms with Crippen LogP contribution in [0.1, 0.15) is 31.0 Å². The molecule has 0 aromatic carbocycles. The van der Waals surface area contributed by atoms with E-state index in [9.17, 15) is 0 Å². The Kier molecular flexibility index (Phi) is 1.25. The Bertz CT molecular complexity index is 336. The molecule has 2 N–H and O–H groups in total. The van der Waals surface area contributed by atoms with Gasteiger partial charge < -0.3 is 10.3 Å². The van der Waals surface area contributed by atoms with Gasteiger partial charge in [0.2, 0.25) is 0 Å². The van der Waals surface area contributed by atoms with Gasteiger partial charge in [-0.25, -0.2) is 4.98 Å². The standard InChI is InChI=1S/C10H15N3/c1-7-5-13(6-12-7)9-4-10(11)2-8(9)3-10/h5-6,8-9H,2-4,11H2,1H3. The zero-order valence-electron chi connectivity index (χ0n) is 7.90. The van der Waals surface area contributed by atoms with E-state index in [1.807, 2.05) is 13.3 Å². The molecule has 0 spiro atoms. The predicted octanol–water partition coefficient (Wildman–Crippen LogP) is 1.24. The SMILES string of the molecule is Cc1cn(C2CC3(N)CC2C3)cn1. The molecule has 1 aromatic heterocycles. The highest BCUT2D eigenvalue weighted by Crippen LogP contribution is 2.56. The molecule has 3 fully saturated rings. The Labute approximate surface area is 78.0 Å². The minimum atomic E-state index is 0.174. The topological polar surface area (TPSA) is 43.8 Å². The highest BCUT2D eigenvalue weighted by Gasteiger charge is 2.54. The van der Waals surface area contributed by atoms with Crippen molar-refractivity contribution in [1.29, 1.82) is 0 Å². The Morgan fingerprint density at radius 1 is 1.54 bits per heavy atom. The molecule has 2 bridgehead atoms. The normalized spacial score (nSPS) is 42.0. The molecule has 0 amide bonds. The predicted molar refractivity (Wildman–Crippen MR) is 50.3 cm³/mol. The fraction of sp³-hybridized carbons (Fsp3) is 0.700. The monoisotopic (exact) mass is 177 g/mol. The number of nitrogens with two attached hydrogens (primary N) is 1. The first-order valence-electron chi connectivity index (χ1n) is 4.95. The average Bonchev–Trinajstić information content (AvgIpc) is 2.60. The third-order valence-electron chi connectivity index (χ3n) is 3.61. The molecule has 1 unspecified atom stereocenters. The first-order valence-corrected chi connectivity index (χ1v) is 4.95. The van der Waals surface area contributed by atoms with Gasteiger partial charge >= 0.3 is 0 Å². The molecule has 0 aliphatic heterocycles. The molecule has 4 rings (SSSR count). The summed E-state index contributed by atoms with van der Waals surface area (Å²) in [7, 11) is 0. The van der Waals surface area contributed by atoms with Crippen molar-refractivity contribution < 1.29 is 0 Å². The molecule has 1 atom stereocenters. The van der Waals surface area contributed by atoms with Gasteiger partial charge in [0.15, 0.2) is 0 Å². The van der Waals surface area contributed by atoms with Crippen LogP contribution in [0.5, 0.6) is 0 Å². The molecule has 13 heavy (non-hydrogen) atoms. The van der Waals surface area contributed by atoms with Crippen molar-refractivity contribution in [2.75, 3.05) is 0 Å². The van der Waals surface area contributed by atoms with E-state index in [2.05, 4.69) is 15.7 Å². The van der Waals surface area contributed by atoms with E-state index in [0.29, 0.717) is 6.04 Å². The van der Waals surface area contributed by atoms with Crippen LogP contribution < -0.4 is 5.73 Å². The molecule has 3 nitrogen and oxygen atoms in total. The van der Waals surface area contributed by atoms with Crippen LogP contribution in [0.4, 0.5) is 0 Å². The third-order valence-corrected chi connectivity index (χ3v) is 3.61. The Hall–Kier alpha value is -0.830. The minimum Gasteiger partial charge on any atom is -0.334 e. The Morgan fingerprint density at radius 3 is 2.77 bits per heavy atom. The lowest BCUT2D eigenvalue weighted by molar-refractivity contribution is 0.232. The fourth-order valence-electron chi connectivity index (χ4n) is 2.98. The second-order valence-corrected chi connectivity index (χ2v) is 4.76. The Balaban J connectivity index is 1.88. The van der Waals surface area contributed by atoms with E-state index in [0.717, 1.165) is 18.0 Å². The van der Waals surface area contributed by atoms with Crippen LogP contribution in [0.3, 0.4) is 0 Å². The quantitative estimate of drug-likeness (QED) is 0.701. The van der Waals surface area contributed by atoms with Gasteiger partial charge in [0, 0.05) is 17.8 Å². The maximum Gasteiger partial charge on any atom is 0.0951 e. The van der Waals surface area contributed by atoms with Gasteiger partial charge in [0.1, 0.15) is 0 Å². The number of nitrogens with zero attached hydrogens (tertiary/aromatic N) is 2. The number of fused-ring (bicyclic) bond motifs is 1. The first-order chi connectivity index (χ1) is 6.16. The summed E-state index contributed by atoms with van der Waals surface area (Å²) in [6, 6.07) is 0.631. The van der Waals surface area contributed by atoms with Crippen molar-refractivity contribution in [2.24, 2.45) is 11.7 Å². The lowest BCUT2D eigenvalue weighted by Crippen LogP contribution is -2.44. The zero-order valence-corrected chi connectivity index (χ0v) is 7.90. The highest BCUT2D eigenvalue weighted by molar-refractivity contribution is 5.13. The van der Waals surface area contributed by atoms with Crippen molar-refractivity contribution in [3.05, 3.63) is 18.2 Å². The van der Waals surface area contributed by atoms with Crippen molar-refractivity contribution >= 4 is 0 Å². The summed E-state index contributed by atoms with van der Waals surface area (Å²) in [5.74, 6) is 0.818. The van der Waals surface area contributed by atoms with Crippen LogP contribution >= 0.6 is 0 Å². The summed E-state index contributed by atoms with van der Waals surface area (Å²) in [5.41, 5.74) is 7.43. The van der Waals surface area contributed by atoms with Crippen molar-refractivity contribution in [3.8, 4) is 0 Å².